The first-order valence-corrected chi connectivity index (χ1v) is 8.58. The fourth-order valence-corrected chi connectivity index (χ4v) is 4.23. The molecule has 1 aliphatic carbocycles. The molecule has 2 N–H and O–H groups in total. The molecule has 5 heteroatoms. The highest BCUT2D eigenvalue weighted by atomic mass is 32.2. The first-order valence-electron chi connectivity index (χ1n) is 6.63. The van der Waals surface area contributed by atoms with Crippen molar-refractivity contribution in [1.29, 1.82) is 0 Å². The van der Waals surface area contributed by atoms with Crippen molar-refractivity contribution in [3.8, 4) is 0 Å². The molecule has 1 aromatic carbocycles. The molecule has 0 spiro atoms. The molecule has 19 heavy (non-hydrogen) atoms. The van der Waals surface area contributed by atoms with Gasteiger partial charge in [-0.05, 0) is 18.4 Å². The molecule has 1 fully saturated rings. The molecule has 1 aromatic rings. The molecule has 1 aliphatic rings. The zero-order chi connectivity index (χ0) is 13.9. The van der Waals surface area contributed by atoms with E-state index in [0.29, 0.717) is 6.42 Å². The predicted octanol–water partition coefficient (Wildman–Crippen LogP) is 1.28. The lowest BCUT2D eigenvalue weighted by Crippen LogP contribution is -2.42. The van der Waals surface area contributed by atoms with Gasteiger partial charge in [-0.25, -0.2) is 8.42 Å². The van der Waals surface area contributed by atoms with Gasteiger partial charge in [0, 0.05) is 12.3 Å². The second kappa shape index (κ2) is 6.03. The van der Waals surface area contributed by atoms with Gasteiger partial charge in [0.25, 0.3) is 0 Å². The first kappa shape index (κ1) is 14.5. The summed E-state index contributed by atoms with van der Waals surface area (Å²) in [6.07, 6.45) is 3.78. The number of rotatable bonds is 5. The predicted molar refractivity (Wildman–Crippen MR) is 75.7 cm³/mol. The highest BCUT2D eigenvalue weighted by Crippen LogP contribution is 2.27. The van der Waals surface area contributed by atoms with E-state index in [-0.39, 0.29) is 23.9 Å². The molecular weight excluding hydrogens is 262 g/mol. The average molecular weight is 283 g/mol. The van der Waals surface area contributed by atoms with Crippen molar-refractivity contribution in [2.75, 3.05) is 12.9 Å². The molecule has 0 amide bonds. The molecule has 0 aliphatic heterocycles. The second-order valence-corrected chi connectivity index (χ2v) is 7.48. The Bertz CT molecular complexity index is 501. The summed E-state index contributed by atoms with van der Waals surface area (Å²) >= 11 is 0. The number of aliphatic hydroxyl groups excluding tert-OH is 1. The third kappa shape index (κ3) is 3.55. The van der Waals surface area contributed by atoms with E-state index in [1.54, 1.807) is 0 Å². The van der Waals surface area contributed by atoms with Crippen LogP contribution in [0, 0.1) is 0 Å². The summed E-state index contributed by atoms with van der Waals surface area (Å²) < 4.78 is 23.5. The fraction of sp³-hybridized carbons (Fsp3) is 0.571. The molecular formula is C14H21NO3S. The molecule has 2 unspecified atom stereocenters. The van der Waals surface area contributed by atoms with Gasteiger partial charge in [-0.2, -0.15) is 0 Å². The summed E-state index contributed by atoms with van der Waals surface area (Å²) in [5.74, 6) is 0. The lowest BCUT2D eigenvalue weighted by molar-refractivity contribution is 0.233. The Morgan fingerprint density at radius 2 is 2.00 bits per heavy atom. The van der Waals surface area contributed by atoms with E-state index in [4.69, 9.17) is 0 Å². The SMILES string of the molecule is CS(=O)(=O)C1CCCC1N[C@H](CO)c1ccccc1. The zero-order valence-electron chi connectivity index (χ0n) is 11.1. The van der Waals surface area contributed by atoms with Crippen LogP contribution >= 0.6 is 0 Å². The molecule has 4 nitrogen and oxygen atoms in total. The van der Waals surface area contributed by atoms with Gasteiger partial charge in [-0.1, -0.05) is 36.8 Å². The van der Waals surface area contributed by atoms with Crippen molar-refractivity contribution >= 4 is 9.84 Å². The summed E-state index contributed by atoms with van der Waals surface area (Å²) in [6.45, 7) is -0.0308. The van der Waals surface area contributed by atoms with E-state index in [1.165, 1.54) is 6.26 Å². The largest absolute Gasteiger partial charge is 0.394 e. The van der Waals surface area contributed by atoms with Crippen LogP contribution in [0.5, 0.6) is 0 Å². The molecule has 2 rings (SSSR count). The van der Waals surface area contributed by atoms with Gasteiger partial charge in [-0.15, -0.1) is 0 Å². The minimum atomic E-state index is -3.03. The van der Waals surface area contributed by atoms with Gasteiger partial charge in [-0.3, -0.25) is 0 Å². The Hall–Kier alpha value is -0.910. The summed E-state index contributed by atoms with van der Waals surface area (Å²) in [5, 5.41) is 12.5. The minimum Gasteiger partial charge on any atom is -0.394 e. The molecule has 106 valence electrons. The van der Waals surface area contributed by atoms with E-state index in [0.717, 1.165) is 18.4 Å². The quantitative estimate of drug-likeness (QED) is 0.854. The first-order chi connectivity index (χ1) is 9.02. The molecule has 0 saturated heterocycles. The van der Waals surface area contributed by atoms with E-state index in [1.807, 2.05) is 30.3 Å². The average Bonchev–Trinajstić information content (AvgIpc) is 2.85. The standard InChI is InChI=1S/C14H21NO3S/c1-19(17,18)14-9-5-8-12(14)15-13(10-16)11-6-3-2-4-7-11/h2-4,6-7,12-16H,5,8-10H2,1H3/t12?,13-,14?/m1/s1. The lowest BCUT2D eigenvalue weighted by Gasteiger charge is -2.25. The van der Waals surface area contributed by atoms with Crippen molar-refractivity contribution in [2.24, 2.45) is 0 Å². The van der Waals surface area contributed by atoms with Crippen molar-refractivity contribution in [1.82, 2.24) is 5.32 Å². The van der Waals surface area contributed by atoms with Crippen LogP contribution in [0.15, 0.2) is 30.3 Å². The lowest BCUT2D eigenvalue weighted by atomic mass is 10.1. The normalized spacial score (nSPS) is 25.4. The van der Waals surface area contributed by atoms with Crippen LogP contribution in [0.25, 0.3) is 0 Å². The van der Waals surface area contributed by atoms with Gasteiger partial charge < -0.3 is 10.4 Å². The number of nitrogens with one attached hydrogen (secondary N) is 1. The summed E-state index contributed by atoms with van der Waals surface area (Å²) in [5.41, 5.74) is 0.990. The van der Waals surface area contributed by atoms with E-state index < -0.39 is 9.84 Å². The molecule has 0 aromatic heterocycles. The Labute approximate surface area is 114 Å². The third-order valence-electron chi connectivity index (χ3n) is 3.80. The Morgan fingerprint density at radius 3 is 2.58 bits per heavy atom. The summed E-state index contributed by atoms with van der Waals surface area (Å²) in [4.78, 5) is 0. The molecule has 0 bridgehead atoms. The highest BCUT2D eigenvalue weighted by Gasteiger charge is 2.35. The van der Waals surface area contributed by atoms with Crippen molar-refractivity contribution in [3.63, 3.8) is 0 Å². The maximum atomic E-state index is 11.7. The molecule has 1 saturated carbocycles. The molecule has 0 heterocycles. The van der Waals surface area contributed by atoms with Crippen LogP contribution in [0.1, 0.15) is 30.9 Å². The smallest absolute Gasteiger partial charge is 0.151 e. The minimum absolute atomic E-state index is 0.0308. The summed E-state index contributed by atoms with van der Waals surface area (Å²) in [6, 6.07) is 9.38. The van der Waals surface area contributed by atoms with Crippen molar-refractivity contribution in [2.45, 2.75) is 36.6 Å². The Morgan fingerprint density at radius 1 is 1.32 bits per heavy atom. The monoisotopic (exact) mass is 283 g/mol. The molecule has 3 atom stereocenters. The topological polar surface area (TPSA) is 66.4 Å². The number of hydrogen-bond acceptors (Lipinski definition) is 4. The van der Waals surface area contributed by atoms with E-state index >= 15 is 0 Å². The number of sulfone groups is 1. The second-order valence-electron chi connectivity index (χ2n) is 5.22. The maximum Gasteiger partial charge on any atom is 0.151 e. The van der Waals surface area contributed by atoms with Crippen LogP contribution in [0.4, 0.5) is 0 Å². The van der Waals surface area contributed by atoms with Crippen molar-refractivity contribution < 1.29 is 13.5 Å². The summed E-state index contributed by atoms with van der Waals surface area (Å²) in [7, 11) is -3.03. The van der Waals surface area contributed by atoms with Gasteiger partial charge in [0.2, 0.25) is 0 Å². The Balaban J connectivity index is 2.11. The van der Waals surface area contributed by atoms with Gasteiger partial charge >= 0.3 is 0 Å². The number of hydrogen-bond donors (Lipinski definition) is 2. The van der Waals surface area contributed by atoms with Gasteiger partial charge in [0.1, 0.15) is 0 Å². The van der Waals surface area contributed by atoms with Gasteiger partial charge in [0.15, 0.2) is 9.84 Å². The van der Waals surface area contributed by atoms with Crippen LogP contribution in [-0.4, -0.2) is 37.7 Å². The fourth-order valence-electron chi connectivity index (χ4n) is 2.83. The van der Waals surface area contributed by atoms with E-state index in [9.17, 15) is 13.5 Å². The van der Waals surface area contributed by atoms with E-state index in [2.05, 4.69) is 5.32 Å². The van der Waals surface area contributed by atoms with Crippen LogP contribution in [0.3, 0.4) is 0 Å². The highest BCUT2D eigenvalue weighted by molar-refractivity contribution is 7.91. The van der Waals surface area contributed by atoms with Crippen LogP contribution in [-0.2, 0) is 9.84 Å². The molecule has 0 radical (unpaired) electrons. The zero-order valence-corrected chi connectivity index (χ0v) is 11.9. The van der Waals surface area contributed by atoms with Gasteiger partial charge in [0.05, 0.1) is 17.9 Å². The van der Waals surface area contributed by atoms with Crippen LogP contribution in [0.2, 0.25) is 0 Å². The number of aliphatic hydroxyl groups is 1. The maximum absolute atomic E-state index is 11.7. The van der Waals surface area contributed by atoms with Crippen LogP contribution < -0.4 is 5.32 Å². The third-order valence-corrected chi connectivity index (χ3v) is 5.47. The van der Waals surface area contributed by atoms with Crippen molar-refractivity contribution in [3.05, 3.63) is 35.9 Å². The Kier molecular flexibility index (Phi) is 4.60. The number of benzene rings is 1.